The number of nitrogens with two attached hydrogens (primary N) is 1. The molecule has 0 aliphatic rings. The number of ether oxygens (including phenoxy) is 1. The molecule has 1 aromatic rings. The first-order valence-corrected chi connectivity index (χ1v) is 3.73. The molecule has 0 amide bonds. The number of aryl methyl sites for hydroxylation is 1. The van der Waals surface area contributed by atoms with Crippen molar-refractivity contribution in [2.45, 2.75) is 13.5 Å². The quantitative estimate of drug-likeness (QED) is 0.667. The molecule has 0 bridgehead atoms. The molecule has 0 saturated heterocycles. The van der Waals surface area contributed by atoms with E-state index < -0.39 is 0 Å². The van der Waals surface area contributed by atoms with Gasteiger partial charge in [0.1, 0.15) is 11.4 Å². The van der Waals surface area contributed by atoms with E-state index in [1.54, 1.807) is 16.8 Å². The molecule has 0 radical (unpaired) electrons. The van der Waals surface area contributed by atoms with Crippen LogP contribution in [0.3, 0.4) is 0 Å². The van der Waals surface area contributed by atoms with Gasteiger partial charge < -0.3 is 15.0 Å². The first kappa shape index (κ1) is 8.64. The van der Waals surface area contributed by atoms with Gasteiger partial charge >= 0.3 is 5.97 Å². The lowest BCUT2D eigenvalue weighted by Gasteiger charge is -2.01. The van der Waals surface area contributed by atoms with Crippen molar-refractivity contribution in [3.8, 4) is 0 Å². The molecule has 2 N–H and O–H groups in total. The van der Waals surface area contributed by atoms with Crippen LogP contribution < -0.4 is 5.73 Å². The summed E-state index contributed by atoms with van der Waals surface area (Å²) in [6.07, 6.45) is 1.77. The summed E-state index contributed by atoms with van der Waals surface area (Å²) in [5.41, 5.74) is 6.08. The van der Waals surface area contributed by atoms with Crippen molar-refractivity contribution in [3.63, 3.8) is 0 Å². The van der Waals surface area contributed by atoms with Crippen LogP contribution in [0.1, 0.15) is 17.3 Å². The molecule has 4 nitrogen and oxygen atoms in total. The second-order valence-electron chi connectivity index (χ2n) is 2.39. The van der Waals surface area contributed by atoms with Crippen molar-refractivity contribution in [1.82, 2.24) is 4.57 Å². The van der Waals surface area contributed by atoms with Gasteiger partial charge in [-0.2, -0.15) is 0 Å². The van der Waals surface area contributed by atoms with Gasteiger partial charge in [-0.05, 0) is 13.0 Å². The van der Waals surface area contributed by atoms with Crippen molar-refractivity contribution < 1.29 is 9.53 Å². The van der Waals surface area contributed by atoms with Gasteiger partial charge in [0.2, 0.25) is 0 Å². The number of rotatable bonds is 2. The topological polar surface area (TPSA) is 57.2 Å². The van der Waals surface area contributed by atoms with E-state index in [1.807, 2.05) is 6.92 Å². The van der Waals surface area contributed by atoms with Crippen molar-refractivity contribution in [2.75, 3.05) is 12.8 Å². The number of nitrogens with zero attached hydrogens (tertiary/aromatic N) is 1. The van der Waals surface area contributed by atoms with Crippen LogP contribution in [0.25, 0.3) is 0 Å². The number of aromatic nitrogens is 1. The van der Waals surface area contributed by atoms with E-state index in [4.69, 9.17) is 5.73 Å². The maximum Gasteiger partial charge on any atom is 0.341 e. The monoisotopic (exact) mass is 168 g/mol. The Labute approximate surface area is 70.9 Å². The van der Waals surface area contributed by atoms with E-state index in [1.165, 1.54) is 7.11 Å². The predicted octanol–water partition coefficient (Wildman–Crippen LogP) is 0.877. The number of hydrogen-bond acceptors (Lipinski definition) is 3. The molecule has 1 heterocycles. The Morgan fingerprint density at radius 2 is 2.42 bits per heavy atom. The fourth-order valence-electron chi connectivity index (χ4n) is 1.04. The number of nitrogen functional groups attached to an aromatic ring is 1. The van der Waals surface area contributed by atoms with E-state index >= 15 is 0 Å². The maximum atomic E-state index is 11.0. The number of hydrogen-bond donors (Lipinski definition) is 1. The van der Waals surface area contributed by atoms with Crippen molar-refractivity contribution in [1.29, 1.82) is 0 Å². The van der Waals surface area contributed by atoms with Gasteiger partial charge in [-0.15, -0.1) is 0 Å². The van der Waals surface area contributed by atoms with Gasteiger partial charge in [-0.1, -0.05) is 0 Å². The SMILES string of the molecule is CCn1ccc(C(=O)OC)c1N. The van der Waals surface area contributed by atoms with E-state index in [0.29, 0.717) is 11.4 Å². The van der Waals surface area contributed by atoms with Gasteiger partial charge in [0.25, 0.3) is 0 Å². The fraction of sp³-hybridized carbons (Fsp3) is 0.375. The standard InChI is InChI=1S/C8H12N2O2/c1-3-10-5-4-6(7(10)9)8(11)12-2/h4-5H,3,9H2,1-2H3. The van der Waals surface area contributed by atoms with Crippen LogP contribution >= 0.6 is 0 Å². The Kier molecular flexibility index (Phi) is 2.38. The van der Waals surface area contributed by atoms with E-state index in [9.17, 15) is 4.79 Å². The summed E-state index contributed by atoms with van der Waals surface area (Å²) >= 11 is 0. The molecule has 1 aromatic heterocycles. The zero-order chi connectivity index (χ0) is 9.14. The number of anilines is 1. The minimum absolute atomic E-state index is 0.389. The smallest absolute Gasteiger partial charge is 0.341 e. The molecule has 12 heavy (non-hydrogen) atoms. The zero-order valence-corrected chi connectivity index (χ0v) is 7.20. The largest absolute Gasteiger partial charge is 0.465 e. The van der Waals surface area contributed by atoms with Crippen molar-refractivity contribution in [3.05, 3.63) is 17.8 Å². The zero-order valence-electron chi connectivity index (χ0n) is 7.20. The highest BCUT2D eigenvalue weighted by Crippen LogP contribution is 2.13. The average Bonchev–Trinajstić information content (AvgIpc) is 2.45. The van der Waals surface area contributed by atoms with Crippen LogP contribution in [0.4, 0.5) is 5.82 Å². The summed E-state index contributed by atoms with van der Waals surface area (Å²) in [4.78, 5) is 11.0. The molecular formula is C8H12N2O2. The van der Waals surface area contributed by atoms with Crippen LogP contribution in [0.15, 0.2) is 12.3 Å². The van der Waals surface area contributed by atoms with Crippen LogP contribution in [0.2, 0.25) is 0 Å². The minimum Gasteiger partial charge on any atom is -0.465 e. The Morgan fingerprint density at radius 1 is 1.75 bits per heavy atom. The van der Waals surface area contributed by atoms with Crippen LogP contribution in [-0.2, 0) is 11.3 Å². The molecule has 0 aliphatic carbocycles. The summed E-state index contributed by atoms with van der Waals surface area (Å²) in [7, 11) is 1.34. The third kappa shape index (κ3) is 1.28. The summed E-state index contributed by atoms with van der Waals surface area (Å²) in [5, 5.41) is 0. The Hall–Kier alpha value is -1.45. The number of esters is 1. The fourth-order valence-corrected chi connectivity index (χ4v) is 1.04. The van der Waals surface area contributed by atoms with Crippen molar-refractivity contribution >= 4 is 11.8 Å². The molecule has 66 valence electrons. The Bertz CT molecular complexity index is 291. The second kappa shape index (κ2) is 3.30. The maximum absolute atomic E-state index is 11.0. The first-order chi connectivity index (χ1) is 5.70. The van der Waals surface area contributed by atoms with E-state index in [0.717, 1.165) is 6.54 Å². The minimum atomic E-state index is -0.389. The average molecular weight is 168 g/mol. The molecule has 0 saturated carbocycles. The third-order valence-electron chi connectivity index (χ3n) is 1.75. The third-order valence-corrected chi connectivity index (χ3v) is 1.75. The second-order valence-corrected chi connectivity index (χ2v) is 2.39. The normalized spacial score (nSPS) is 9.83. The highest BCUT2D eigenvalue weighted by Gasteiger charge is 2.12. The van der Waals surface area contributed by atoms with E-state index in [2.05, 4.69) is 4.74 Å². The molecule has 0 atom stereocenters. The first-order valence-electron chi connectivity index (χ1n) is 3.73. The summed E-state index contributed by atoms with van der Waals surface area (Å²) in [6.45, 7) is 2.71. The molecule has 0 aromatic carbocycles. The lowest BCUT2D eigenvalue weighted by molar-refractivity contribution is 0.0602. The number of carbonyl (C=O) groups is 1. The Balaban J connectivity index is 3.02. The lowest BCUT2D eigenvalue weighted by Crippen LogP contribution is -2.06. The lowest BCUT2D eigenvalue weighted by atomic mass is 10.3. The molecule has 1 rings (SSSR count). The number of carbonyl (C=O) groups excluding carboxylic acids is 1. The molecule has 0 spiro atoms. The molecular weight excluding hydrogens is 156 g/mol. The summed E-state index contributed by atoms with van der Waals surface area (Å²) in [6, 6.07) is 1.66. The predicted molar refractivity (Wildman–Crippen MR) is 45.9 cm³/mol. The van der Waals surface area contributed by atoms with Crippen molar-refractivity contribution in [2.24, 2.45) is 0 Å². The van der Waals surface area contributed by atoms with Crippen LogP contribution in [0, 0.1) is 0 Å². The van der Waals surface area contributed by atoms with Gasteiger partial charge in [0.05, 0.1) is 7.11 Å². The molecule has 0 fully saturated rings. The van der Waals surface area contributed by atoms with Crippen LogP contribution in [0.5, 0.6) is 0 Å². The van der Waals surface area contributed by atoms with Gasteiger partial charge in [0.15, 0.2) is 0 Å². The highest BCUT2D eigenvalue weighted by molar-refractivity contribution is 5.94. The number of methoxy groups -OCH3 is 1. The van der Waals surface area contributed by atoms with Gasteiger partial charge in [-0.3, -0.25) is 0 Å². The molecule has 4 heteroatoms. The Morgan fingerprint density at radius 3 is 2.83 bits per heavy atom. The summed E-state index contributed by atoms with van der Waals surface area (Å²) in [5.74, 6) is 0.0732. The van der Waals surface area contributed by atoms with Gasteiger partial charge in [0, 0.05) is 12.7 Å². The van der Waals surface area contributed by atoms with Crippen LogP contribution in [-0.4, -0.2) is 17.6 Å². The highest BCUT2D eigenvalue weighted by atomic mass is 16.5. The van der Waals surface area contributed by atoms with E-state index in [-0.39, 0.29) is 5.97 Å². The summed E-state index contributed by atoms with van der Waals surface area (Å²) < 4.78 is 6.33. The molecule has 0 aliphatic heterocycles. The molecule has 0 unspecified atom stereocenters. The van der Waals surface area contributed by atoms with Gasteiger partial charge in [-0.25, -0.2) is 4.79 Å².